The van der Waals surface area contributed by atoms with Crippen LogP contribution in [-0.4, -0.2) is 34.3 Å². The number of hydrogen-bond acceptors (Lipinski definition) is 7. The van der Waals surface area contributed by atoms with Crippen molar-refractivity contribution < 1.29 is 23.9 Å². The van der Waals surface area contributed by atoms with Gasteiger partial charge in [-0.15, -0.1) is 0 Å². The van der Waals surface area contributed by atoms with E-state index in [1.54, 1.807) is 0 Å². The maximum absolute atomic E-state index is 12.6. The molecule has 148 valence electrons. The van der Waals surface area contributed by atoms with Crippen LogP contribution in [0.2, 0.25) is 9.36 Å². The van der Waals surface area contributed by atoms with Crippen molar-refractivity contribution in [3.05, 3.63) is 39.4 Å². The van der Waals surface area contributed by atoms with E-state index in [-0.39, 0.29) is 44.2 Å². The van der Waals surface area contributed by atoms with Gasteiger partial charge in [-0.2, -0.15) is 4.37 Å². The van der Waals surface area contributed by atoms with Crippen LogP contribution < -0.4 is 0 Å². The number of ether oxygens (including phenoxy) is 2. The number of ketones is 1. The summed E-state index contributed by atoms with van der Waals surface area (Å²) in [7, 11) is 0. The van der Waals surface area contributed by atoms with E-state index < -0.39 is 30.1 Å². The van der Waals surface area contributed by atoms with Crippen LogP contribution in [0, 0.1) is 23.7 Å². The van der Waals surface area contributed by atoms with Gasteiger partial charge in [0.15, 0.2) is 5.69 Å². The highest BCUT2D eigenvalue weighted by molar-refractivity contribution is 7.11. The highest BCUT2D eigenvalue weighted by atomic mass is 35.5. The van der Waals surface area contributed by atoms with Crippen LogP contribution in [0.15, 0.2) is 24.3 Å². The summed E-state index contributed by atoms with van der Waals surface area (Å²) < 4.78 is 15.4. The lowest BCUT2D eigenvalue weighted by molar-refractivity contribution is -0.143. The van der Waals surface area contributed by atoms with Crippen molar-refractivity contribution in [2.24, 2.45) is 23.7 Å². The van der Waals surface area contributed by atoms with Gasteiger partial charge in [0.1, 0.15) is 27.4 Å². The van der Waals surface area contributed by atoms with E-state index in [9.17, 15) is 14.4 Å². The molecule has 6 nitrogen and oxygen atoms in total. The molecule has 1 aromatic heterocycles. The zero-order valence-electron chi connectivity index (χ0n) is 14.9. The Morgan fingerprint density at radius 1 is 1.29 bits per heavy atom. The largest absolute Gasteiger partial charge is 0.458 e. The molecule has 0 N–H and O–H groups in total. The molecule has 4 rings (SSSR count). The van der Waals surface area contributed by atoms with E-state index in [2.05, 4.69) is 17.5 Å². The second-order valence-electron chi connectivity index (χ2n) is 7.49. The van der Waals surface area contributed by atoms with Crippen LogP contribution in [0.25, 0.3) is 0 Å². The van der Waals surface area contributed by atoms with Crippen LogP contribution in [-0.2, 0) is 19.1 Å². The third kappa shape index (κ3) is 2.91. The van der Waals surface area contributed by atoms with Crippen molar-refractivity contribution in [1.82, 2.24) is 4.37 Å². The van der Waals surface area contributed by atoms with E-state index in [0.717, 1.165) is 17.1 Å². The van der Waals surface area contributed by atoms with Crippen molar-refractivity contribution in [3.8, 4) is 0 Å². The molecule has 1 aromatic rings. The monoisotopic (exact) mass is 441 g/mol. The van der Waals surface area contributed by atoms with Crippen LogP contribution in [0.1, 0.15) is 30.3 Å². The summed E-state index contributed by atoms with van der Waals surface area (Å²) in [6.07, 6.45) is -0.642. The summed E-state index contributed by atoms with van der Waals surface area (Å²) >= 11 is 12.8. The first-order valence-electron chi connectivity index (χ1n) is 8.82. The zero-order chi connectivity index (χ0) is 20.3. The van der Waals surface area contributed by atoms with Gasteiger partial charge >= 0.3 is 11.9 Å². The Balaban J connectivity index is 1.68. The minimum atomic E-state index is -0.729. The molecule has 9 heteroatoms. The van der Waals surface area contributed by atoms with Gasteiger partial charge in [-0.05, 0) is 17.5 Å². The van der Waals surface area contributed by atoms with Gasteiger partial charge in [0.25, 0.3) is 0 Å². The highest BCUT2D eigenvalue weighted by Crippen LogP contribution is 2.52. The number of aromatic nitrogens is 1. The molecule has 1 saturated heterocycles. The first kappa shape index (κ1) is 19.6. The Labute approximate surface area is 175 Å². The molecule has 6 atom stereocenters. The Bertz CT molecular complexity index is 925. The van der Waals surface area contributed by atoms with E-state index in [1.807, 2.05) is 6.92 Å². The van der Waals surface area contributed by atoms with Gasteiger partial charge in [0.05, 0.1) is 5.92 Å². The zero-order valence-corrected chi connectivity index (χ0v) is 17.3. The average Bonchev–Trinajstić information content (AvgIpc) is 3.20. The second kappa shape index (κ2) is 6.97. The van der Waals surface area contributed by atoms with Gasteiger partial charge in [0.2, 0.25) is 0 Å². The molecule has 3 aliphatic rings. The van der Waals surface area contributed by atoms with Crippen LogP contribution in [0.5, 0.6) is 0 Å². The lowest BCUT2D eigenvalue weighted by atomic mass is 9.79. The fraction of sp³-hybridized carbons (Fsp3) is 0.474. The van der Waals surface area contributed by atoms with Crippen molar-refractivity contribution in [3.63, 3.8) is 0 Å². The molecular weight excluding hydrogens is 425 g/mol. The Hall–Kier alpha value is -1.70. The van der Waals surface area contributed by atoms with Gasteiger partial charge < -0.3 is 9.47 Å². The van der Waals surface area contributed by atoms with Crippen LogP contribution in [0.3, 0.4) is 0 Å². The third-order valence-corrected chi connectivity index (χ3v) is 7.66. The Kier molecular flexibility index (Phi) is 4.88. The van der Waals surface area contributed by atoms with E-state index >= 15 is 0 Å². The summed E-state index contributed by atoms with van der Waals surface area (Å²) in [6, 6.07) is 0. The number of halogens is 2. The molecule has 0 spiro atoms. The predicted octanol–water partition coefficient (Wildman–Crippen LogP) is 3.87. The van der Waals surface area contributed by atoms with Gasteiger partial charge in [-0.25, -0.2) is 9.59 Å². The fourth-order valence-corrected chi connectivity index (χ4v) is 5.60. The molecule has 0 aromatic carbocycles. The van der Waals surface area contributed by atoms with Crippen molar-refractivity contribution >= 4 is 52.5 Å². The first-order valence-corrected chi connectivity index (χ1v) is 10.4. The maximum Gasteiger partial charge on any atom is 0.359 e. The number of rotatable bonds is 2. The average molecular weight is 442 g/mol. The maximum atomic E-state index is 12.6. The van der Waals surface area contributed by atoms with Crippen molar-refractivity contribution in [2.75, 3.05) is 0 Å². The Morgan fingerprint density at radius 3 is 2.64 bits per heavy atom. The number of hydrogen-bond donors (Lipinski definition) is 0. The predicted molar refractivity (Wildman–Crippen MR) is 103 cm³/mol. The molecule has 0 radical (unpaired) electrons. The minimum absolute atomic E-state index is 0.0364. The normalized spacial score (nSPS) is 34.7. The lowest BCUT2D eigenvalue weighted by Crippen LogP contribution is -2.37. The molecule has 0 bridgehead atoms. The van der Waals surface area contributed by atoms with Crippen LogP contribution >= 0.6 is 34.7 Å². The number of carbonyl (C=O) groups is 3. The highest BCUT2D eigenvalue weighted by Gasteiger charge is 2.57. The molecule has 3 fully saturated rings. The smallest absolute Gasteiger partial charge is 0.359 e. The molecule has 2 heterocycles. The summed E-state index contributed by atoms with van der Waals surface area (Å²) in [5.41, 5.74) is 0.981. The quantitative estimate of drug-likeness (QED) is 0.393. The van der Waals surface area contributed by atoms with E-state index in [0.29, 0.717) is 12.8 Å². The number of fused-ring (bicyclic) bond motifs is 3. The third-order valence-electron chi connectivity index (χ3n) is 6.05. The molecule has 2 aliphatic carbocycles. The molecule has 6 unspecified atom stereocenters. The summed E-state index contributed by atoms with van der Waals surface area (Å²) in [5, 5.41) is 0.0364. The van der Waals surface area contributed by atoms with Crippen molar-refractivity contribution in [1.29, 1.82) is 0 Å². The van der Waals surface area contributed by atoms with Crippen LogP contribution in [0.4, 0.5) is 0 Å². The summed E-state index contributed by atoms with van der Waals surface area (Å²) in [4.78, 5) is 37.2. The van der Waals surface area contributed by atoms with Gasteiger partial charge in [0, 0.05) is 30.3 Å². The number of Topliss-reactive ketones (excluding diaryl/α,β-unsaturated/α-hetero) is 1. The standard InChI is InChI=1S/C19H17Cl2NO5S/c1-6-4-11(26-19(25)15-14(20)17(21)28-22-15)13-8(3)18(24)27-16(13)12-7(2)10(23)5-9(6)12/h7,9,11-13,16H,1,3-5H2,2H3. The van der Waals surface area contributed by atoms with E-state index in [1.165, 1.54) is 0 Å². The molecule has 2 saturated carbocycles. The molecule has 0 amide bonds. The number of carbonyl (C=O) groups excluding carboxylic acids is 3. The Morgan fingerprint density at radius 2 is 2.00 bits per heavy atom. The summed E-state index contributed by atoms with van der Waals surface area (Å²) in [5.74, 6) is -2.26. The van der Waals surface area contributed by atoms with Gasteiger partial charge in [-0.1, -0.05) is 48.9 Å². The topological polar surface area (TPSA) is 82.6 Å². The second-order valence-corrected chi connectivity index (χ2v) is 9.24. The van der Waals surface area contributed by atoms with Gasteiger partial charge in [-0.3, -0.25) is 4.79 Å². The fourth-order valence-electron chi connectivity index (χ4n) is 4.62. The first-order chi connectivity index (χ1) is 13.2. The van der Waals surface area contributed by atoms with E-state index in [4.69, 9.17) is 32.7 Å². The minimum Gasteiger partial charge on any atom is -0.458 e. The molecule has 1 aliphatic heterocycles. The molecular formula is C19H17Cl2NO5S. The number of nitrogens with zero attached hydrogens (tertiary/aromatic N) is 1. The number of esters is 2. The SMILES string of the molecule is C=C1CC(OC(=O)c2nsc(Cl)c2Cl)C2C(=C)C(=O)OC2C2C(C)C(=O)CC12. The lowest BCUT2D eigenvalue weighted by Gasteiger charge is -2.29. The summed E-state index contributed by atoms with van der Waals surface area (Å²) in [6.45, 7) is 9.83. The molecule has 28 heavy (non-hydrogen) atoms. The van der Waals surface area contributed by atoms with Crippen molar-refractivity contribution in [2.45, 2.75) is 32.0 Å².